The maximum absolute atomic E-state index is 13.5. The van der Waals surface area contributed by atoms with Crippen molar-refractivity contribution in [1.82, 2.24) is 10.2 Å². The van der Waals surface area contributed by atoms with Crippen LogP contribution in [0.3, 0.4) is 0 Å². The Hall–Kier alpha value is -3.61. The quantitative estimate of drug-likeness (QED) is 0.501. The number of ether oxygens (including phenoxy) is 1. The molecule has 160 valence electrons. The van der Waals surface area contributed by atoms with Gasteiger partial charge in [0.05, 0.1) is 13.7 Å². The molecule has 0 aliphatic carbocycles. The maximum Gasteiger partial charge on any atom is 0.336 e. The minimum atomic E-state index is -1.16. The van der Waals surface area contributed by atoms with Crippen LogP contribution in [-0.4, -0.2) is 23.9 Å². The van der Waals surface area contributed by atoms with E-state index in [4.69, 9.17) is 9.15 Å². The molecule has 1 saturated heterocycles. The number of hydrogen-bond donors (Lipinski definition) is 1. The van der Waals surface area contributed by atoms with Crippen LogP contribution in [0, 0.1) is 13.8 Å². The van der Waals surface area contributed by atoms with Gasteiger partial charge in [-0.3, -0.25) is 9.69 Å². The number of nitrogens with zero attached hydrogens (tertiary/aromatic N) is 1. The van der Waals surface area contributed by atoms with E-state index >= 15 is 0 Å². The van der Waals surface area contributed by atoms with Crippen molar-refractivity contribution in [2.75, 3.05) is 7.11 Å². The summed E-state index contributed by atoms with van der Waals surface area (Å²) in [4.78, 5) is 39.6. The first-order chi connectivity index (χ1) is 14.8. The highest BCUT2D eigenvalue weighted by atomic mass is 16.5. The summed E-state index contributed by atoms with van der Waals surface area (Å²) in [6.07, 6.45) is 0.385. The van der Waals surface area contributed by atoms with Crippen molar-refractivity contribution in [2.45, 2.75) is 39.3 Å². The van der Waals surface area contributed by atoms with Gasteiger partial charge in [-0.2, -0.15) is 0 Å². The van der Waals surface area contributed by atoms with Gasteiger partial charge in [0.15, 0.2) is 0 Å². The zero-order valence-corrected chi connectivity index (χ0v) is 17.9. The van der Waals surface area contributed by atoms with Crippen LogP contribution in [-0.2, 0) is 16.9 Å². The van der Waals surface area contributed by atoms with Crippen molar-refractivity contribution in [2.24, 2.45) is 0 Å². The summed E-state index contributed by atoms with van der Waals surface area (Å²) in [5.74, 6) is 0.312. The van der Waals surface area contributed by atoms with Gasteiger partial charge in [0, 0.05) is 11.5 Å². The van der Waals surface area contributed by atoms with Crippen molar-refractivity contribution >= 4 is 22.9 Å². The molecule has 1 aromatic heterocycles. The third-order valence-electron chi connectivity index (χ3n) is 6.06. The highest BCUT2D eigenvalue weighted by Crippen LogP contribution is 2.34. The molecule has 2 heterocycles. The SMILES string of the molecule is CC[C@@]1(c2ccc(OC)cc2)NC(=O)N(Cc2cc(=O)oc3cc(C)c(C)cc23)C1=O. The molecule has 3 amide bonds. The van der Waals surface area contributed by atoms with Crippen LogP contribution >= 0.6 is 0 Å². The summed E-state index contributed by atoms with van der Waals surface area (Å²) in [6, 6.07) is 11.6. The molecule has 0 spiro atoms. The molecule has 1 aliphatic rings. The van der Waals surface area contributed by atoms with Crippen molar-refractivity contribution in [1.29, 1.82) is 0 Å². The molecule has 2 aromatic carbocycles. The second-order valence-electron chi connectivity index (χ2n) is 7.83. The topological polar surface area (TPSA) is 88.8 Å². The van der Waals surface area contributed by atoms with Gasteiger partial charge in [0.2, 0.25) is 0 Å². The van der Waals surface area contributed by atoms with Gasteiger partial charge < -0.3 is 14.5 Å². The molecule has 31 heavy (non-hydrogen) atoms. The van der Waals surface area contributed by atoms with Crippen molar-refractivity contribution < 1.29 is 18.7 Å². The molecule has 4 rings (SSSR count). The standard InChI is InChI=1S/C24H24N2O5/c1-5-24(17-6-8-18(30-4)9-7-17)22(28)26(23(29)25-24)13-16-12-21(27)31-20-11-15(3)14(2)10-19(16)20/h6-12H,5,13H2,1-4H3,(H,25,29)/t24-/m0/s1. The Morgan fingerprint density at radius 3 is 2.35 bits per heavy atom. The first-order valence-corrected chi connectivity index (χ1v) is 10.1. The molecule has 3 aromatic rings. The van der Waals surface area contributed by atoms with E-state index in [1.807, 2.05) is 26.8 Å². The van der Waals surface area contributed by atoms with Gasteiger partial charge >= 0.3 is 11.7 Å². The lowest BCUT2D eigenvalue weighted by Crippen LogP contribution is -2.43. The lowest BCUT2D eigenvalue weighted by molar-refractivity contribution is -0.132. The van der Waals surface area contributed by atoms with Gasteiger partial charge in [-0.15, -0.1) is 0 Å². The summed E-state index contributed by atoms with van der Waals surface area (Å²) < 4.78 is 10.5. The van der Waals surface area contributed by atoms with E-state index in [9.17, 15) is 14.4 Å². The van der Waals surface area contributed by atoms with Crippen molar-refractivity contribution in [3.63, 3.8) is 0 Å². The predicted molar refractivity (Wildman–Crippen MR) is 116 cm³/mol. The van der Waals surface area contributed by atoms with Gasteiger partial charge in [-0.05, 0) is 66.8 Å². The fourth-order valence-electron chi connectivity index (χ4n) is 4.07. The highest BCUT2D eigenvalue weighted by molar-refractivity contribution is 6.07. The molecule has 0 saturated carbocycles. The van der Waals surface area contributed by atoms with E-state index in [0.29, 0.717) is 34.3 Å². The van der Waals surface area contributed by atoms with Crippen LogP contribution in [0.4, 0.5) is 4.79 Å². The Balaban J connectivity index is 1.74. The van der Waals surface area contributed by atoms with E-state index in [1.165, 1.54) is 6.07 Å². The van der Waals surface area contributed by atoms with Gasteiger partial charge in [-0.1, -0.05) is 19.1 Å². The number of urea groups is 1. The van der Waals surface area contributed by atoms with Crippen LogP contribution in [0.5, 0.6) is 5.75 Å². The monoisotopic (exact) mass is 420 g/mol. The Bertz CT molecular complexity index is 1250. The predicted octanol–water partition coefficient (Wildman–Crippen LogP) is 3.78. The first kappa shape index (κ1) is 20.7. The van der Waals surface area contributed by atoms with E-state index < -0.39 is 17.2 Å². The first-order valence-electron chi connectivity index (χ1n) is 10.1. The summed E-state index contributed by atoms with van der Waals surface area (Å²) in [5, 5.41) is 3.58. The van der Waals surface area contributed by atoms with E-state index in [-0.39, 0.29) is 12.5 Å². The van der Waals surface area contributed by atoms with Crippen molar-refractivity contribution in [3.05, 3.63) is 75.1 Å². The Kier molecular flexibility index (Phi) is 5.05. The molecule has 1 aliphatic heterocycles. The largest absolute Gasteiger partial charge is 0.497 e. The minimum Gasteiger partial charge on any atom is -0.497 e. The zero-order valence-electron chi connectivity index (χ0n) is 17.9. The smallest absolute Gasteiger partial charge is 0.336 e. The van der Waals surface area contributed by atoms with E-state index in [0.717, 1.165) is 16.0 Å². The number of hydrogen-bond acceptors (Lipinski definition) is 5. The minimum absolute atomic E-state index is 0.0207. The van der Waals surface area contributed by atoms with Gasteiger partial charge in [-0.25, -0.2) is 9.59 Å². The average molecular weight is 420 g/mol. The molecule has 1 atom stereocenters. The van der Waals surface area contributed by atoms with Crippen LogP contribution in [0.25, 0.3) is 11.0 Å². The number of fused-ring (bicyclic) bond motifs is 1. The number of rotatable bonds is 5. The number of aryl methyl sites for hydroxylation is 2. The normalized spacial score (nSPS) is 18.5. The van der Waals surface area contributed by atoms with Crippen molar-refractivity contribution in [3.8, 4) is 5.75 Å². The van der Waals surface area contributed by atoms with Crippen LogP contribution in [0.1, 0.15) is 35.6 Å². The maximum atomic E-state index is 13.5. The average Bonchev–Trinajstić information content (AvgIpc) is 3.00. The molecule has 1 fully saturated rings. The number of methoxy groups -OCH3 is 1. The molecule has 0 radical (unpaired) electrons. The number of imide groups is 1. The van der Waals surface area contributed by atoms with Crippen LogP contribution < -0.4 is 15.7 Å². The lowest BCUT2D eigenvalue weighted by atomic mass is 9.87. The fourth-order valence-corrected chi connectivity index (χ4v) is 4.07. The zero-order chi connectivity index (χ0) is 22.3. The number of carbonyl (C=O) groups is 2. The van der Waals surface area contributed by atoms with E-state index in [1.54, 1.807) is 37.4 Å². The Labute approximate surface area is 179 Å². The summed E-state index contributed by atoms with van der Waals surface area (Å²) in [7, 11) is 1.57. The molecule has 7 heteroatoms. The third kappa shape index (κ3) is 3.36. The molecule has 0 bridgehead atoms. The number of amides is 3. The third-order valence-corrected chi connectivity index (χ3v) is 6.06. The van der Waals surface area contributed by atoms with Crippen LogP contribution in [0.2, 0.25) is 0 Å². The highest BCUT2D eigenvalue weighted by Gasteiger charge is 2.51. The molecular weight excluding hydrogens is 396 g/mol. The molecular formula is C24H24N2O5. The summed E-state index contributed by atoms with van der Waals surface area (Å²) in [6.45, 7) is 5.73. The Morgan fingerprint density at radius 1 is 1.03 bits per heavy atom. The second kappa shape index (κ2) is 7.58. The van der Waals surface area contributed by atoms with Crippen LogP contribution in [0.15, 0.2) is 51.7 Å². The fraction of sp³-hybridized carbons (Fsp3) is 0.292. The van der Waals surface area contributed by atoms with Gasteiger partial charge in [0.1, 0.15) is 16.9 Å². The number of nitrogens with one attached hydrogen (secondary N) is 1. The molecule has 0 unspecified atom stereocenters. The number of carbonyl (C=O) groups excluding carboxylic acids is 2. The van der Waals surface area contributed by atoms with E-state index in [2.05, 4.69) is 5.32 Å². The lowest BCUT2D eigenvalue weighted by Gasteiger charge is -2.26. The number of benzene rings is 2. The molecule has 1 N–H and O–H groups in total. The molecule has 7 nitrogen and oxygen atoms in total. The second-order valence-corrected chi connectivity index (χ2v) is 7.83. The Morgan fingerprint density at radius 2 is 1.71 bits per heavy atom. The summed E-state index contributed by atoms with van der Waals surface area (Å²) in [5.41, 5.74) is 2.03. The van der Waals surface area contributed by atoms with Gasteiger partial charge in [0.25, 0.3) is 5.91 Å². The summed E-state index contributed by atoms with van der Waals surface area (Å²) >= 11 is 0.